The summed E-state index contributed by atoms with van der Waals surface area (Å²) in [6, 6.07) is 6.79. The van der Waals surface area contributed by atoms with Crippen LogP contribution in [-0.4, -0.2) is 48.0 Å². The molecule has 2 aliphatic rings. The maximum atomic E-state index is 12.6. The topological polar surface area (TPSA) is 43.9 Å². The Morgan fingerprint density at radius 2 is 1.85 bits per heavy atom. The third-order valence-corrected chi connectivity index (χ3v) is 4.08. The zero-order valence-corrected chi connectivity index (χ0v) is 12.2. The fourth-order valence-electron chi connectivity index (χ4n) is 2.98. The van der Waals surface area contributed by atoms with Crippen molar-refractivity contribution < 1.29 is 9.59 Å². The molecular formula is C14H16ClN3O2. The maximum absolute atomic E-state index is 12.6. The Kier molecular flexibility index (Phi) is 3.18. The average Bonchev–Trinajstić information content (AvgIpc) is 2.91. The minimum absolute atomic E-state index is 0.0168. The van der Waals surface area contributed by atoms with Gasteiger partial charge in [-0.3, -0.25) is 24.3 Å². The summed E-state index contributed by atoms with van der Waals surface area (Å²) in [6.45, 7) is 0. The summed E-state index contributed by atoms with van der Waals surface area (Å²) in [4.78, 5) is 29.9. The van der Waals surface area contributed by atoms with Gasteiger partial charge >= 0.3 is 0 Å². The van der Waals surface area contributed by atoms with Crippen LogP contribution in [0.1, 0.15) is 12.8 Å². The van der Waals surface area contributed by atoms with E-state index in [-0.39, 0.29) is 24.1 Å². The summed E-state index contributed by atoms with van der Waals surface area (Å²) in [5.74, 6) is 0.0235. The number of nitrogens with zero attached hydrogens (tertiary/aromatic N) is 3. The molecule has 2 fully saturated rings. The SMILES string of the molecule is CN(C)[C@@H]1N(c2ccc(Cl)cc2)C(=O)[C@@H]2CCC(=O)N12. The largest absolute Gasteiger partial charge is 0.297 e. The number of hydrogen-bond donors (Lipinski definition) is 0. The molecule has 1 aromatic rings. The summed E-state index contributed by atoms with van der Waals surface area (Å²) in [5.41, 5.74) is 0.764. The first-order valence-electron chi connectivity index (χ1n) is 6.57. The highest BCUT2D eigenvalue weighted by Crippen LogP contribution is 2.35. The molecule has 0 aliphatic carbocycles. The second kappa shape index (κ2) is 4.75. The molecule has 0 bridgehead atoms. The van der Waals surface area contributed by atoms with Gasteiger partial charge in [0, 0.05) is 17.1 Å². The minimum atomic E-state index is -0.358. The Bertz CT molecular complexity index is 558. The first-order chi connectivity index (χ1) is 9.50. The van der Waals surface area contributed by atoms with Crippen LogP contribution >= 0.6 is 11.6 Å². The van der Waals surface area contributed by atoms with Crippen molar-refractivity contribution in [1.82, 2.24) is 9.80 Å². The van der Waals surface area contributed by atoms with Gasteiger partial charge in [-0.1, -0.05) is 11.6 Å². The van der Waals surface area contributed by atoms with Crippen LogP contribution in [0.15, 0.2) is 24.3 Å². The van der Waals surface area contributed by atoms with E-state index in [0.29, 0.717) is 17.9 Å². The van der Waals surface area contributed by atoms with Crippen LogP contribution in [0, 0.1) is 0 Å². The Balaban J connectivity index is 2.03. The number of fused-ring (bicyclic) bond motifs is 1. The summed E-state index contributed by atoms with van der Waals surface area (Å²) >= 11 is 5.89. The number of benzene rings is 1. The lowest BCUT2D eigenvalue weighted by atomic mass is 10.2. The number of carbonyl (C=O) groups excluding carboxylic acids is 2. The molecule has 2 heterocycles. The first kappa shape index (κ1) is 13.4. The molecule has 3 rings (SSSR count). The predicted octanol–water partition coefficient (Wildman–Crippen LogP) is 1.52. The molecule has 0 saturated carbocycles. The second-order valence-electron chi connectivity index (χ2n) is 5.35. The second-order valence-corrected chi connectivity index (χ2v) is 5.79. The monoisotopic (exact) mass is 293 g/mol. The van der Waals surface area contributed by atoms with Crippen molar-refractivity contribution in [2.24, 2.45) is 0 Å². The molecule has 20 heavy (non-hydrogen) atoms. The number of amides is 2. The van der Waals surface area contributed by atoms with Crippen LogP contribution in [-0.2, 0) is 9.59 Å². The number of rotatable bonds is 2. The average molecular weight is 294 g/mol. The van der Waals surface area contributed by atoms with Gasteiger partial charge in [-0.2, -0.15) is 0 Å². The molecule has 106 valence electrons. The van der Waals surface area contributed by atoms with Crippen molar-refractivity contribution in [1.29, 1.82) is 0 Å². The maximum Gasteiger partial charge on any atom is 0.252 e. The van der Waals surface area contributed by atoms with Crippen molar-refractivity contribution in [2.75, 3.05) is 19.0 Å². The summed E-state index contributed by atoms with van der Waals surface area (Å²) in [7, 11) is 3.74. The Labute approximate surface area is 122 Å². The van der Waals surface area contributed by atoms with Gasteiger partial charge in [-0.25, -0.2) is 0 Å². The van der Waals surface area contributed by atoms with Gasteiger partial charge in [0.1, 0.15) is 6.04 Å². The van der Waals surface area contributed by atoms with Gasteiger partial charge in [0.05, 0.1) is 0 Å². The van der Waals surface area contributed by atoms with E-state index < -0.39 is 0 Å². The Morgan fingerprint density at radius 3 is 2.45 bits per heavy atom. The first-order valence-corrected chi connectivity index (χ1v) is 6.95. The van der Waals surface area contributed by atoms with Crippen LogP contribution in [0.2, 0.25) is 5.02 Å². The number of carbonyl (C=O) groups is 2. The highest BCUT2D eigenvalue weighted by Gasteiger charge is 2.52. The molecule has 1 aromatic carbocycles. The van der Waals surface area contributed by atoms with E-state index in [0.717, 1.165) is 5.69 Å². The summed E-state index contributed by atoms with van der Waals surface area (Å²) in [5, 5.41) is 0.623. The zero-order valence-electron chi connectivity index (χ0n) is 11.4. The highest BCUT2D eigenvalue weighted by atomic mass is 35.5. The Hall–Kier alpha value is -1.59. The molecule has 0 aromatic heterocycles. The molecule has 0 N–H and O–H groups in total. The number of halogens is 1. The normalized spacial score (nSPS) is 25.8. The standard InChI is InChI=1S/C14H16ClN3O2/c1-16(2)14-17(10-5-3-9(15)4-6-10)13(20)11-7-8-12(19)18(11)14/h3-6,11,14H,7-8H2,1-2H3/t11-,14+/m0/s1. The van der Waals surface area contributed by atoms with E-state index in [4.69, 9.17) is 11.6 Å². The van der Waals surface area contributed by atoms with Gasteiger partial charge in [0.15, 0.2) is 6.29 Å². The zero-order chi connectivity index (χ0) is 14.4. The van der Waals surface area contributed by atoms with Gasteiger partial charge in [-0.15, -0.1) is 0 Å². The summed E-state index contributed by atoms with van der Waals surface area (Å²) in [6.07, 6.45) is 0.699. The van der Waals surface area contributed by atoms with E-state index in [1.165, 1.54) is 0 Å². The molecule has 2 aliphatic heterocycles. The molecule has 0 spiro atoms. The number of anilines is 1. The van der Waals surface area contributed by atoms with E-state index in [9.17, 15) is 9.59 Å². The predicted molar refractivity (Wildman–Crippen MR) is 76.3 cm³/mol. The minimum Gasteiger partial charge on any atom is -0.297 e. The van der Waals surface area contributed by atoms with E-state index in [1.807, 2.05) is 31.1 Å². The van der Waals surface area contributed by atoms with Gasteiger partial charge in [0.25, 0.3) is 5.91 Å². The quantitative estimate of drug-likeness (QED) is 0.830. The van der Waals surface area contributed by atoms with Crippen molar-refractivity contribution in [3.63, 3.8) is 0 Å². The lowest BCUT2D eigenvalue weighted by molar-refractivity contribution is -0.133. The molecular weight excluding hydrogens is 278 g/mol. The van der Waals surface area contributed by atoms with Crippen molar-refractivity contribution in [3.8, 4) is 0 Å². The molecule has 2 atom stereocenters. The molecule has 2 amide bonds. The third-order valence-electron chi connectivity index (χ3n) is 3.82. The lowest BCUT2D eigenvalue weighted by Crippen LogP contribution is -2.51. The van der Waals surface area contributed by atoms with Crippen LogP contribution in [0.25, 0.3) is 0 Å². The Morgan fingerprint density at radius 1 is 1.20 bits per heavy atom. The van der Waals surface area contributed by atoms with E-state index >= 15 is 0 Å². The molecule has 0 unspecified atom stereocenters. The van der Waals surface area contributed by atoms with Crippen molar-refractivity contribution in [2.45, 2.75) is 25.2 Å². The van der Waals surface area contributed by atoms with Gasteiger partial charge in [-0.05, 0) is 44.8 Å². The summed E-state index contributed by atoms with van der Waals surface area (Å²) < 4.78 is 0. The smallest absolute Gasteiger partial charge is 0.252 e. The van der Waals surface area contributed by atoms with Crippen LogP contribution < -0.4 is 4.90 Å². The molecule has 2 saturated heterocycles. The fraction of sp³-hybridized carbons (Fsp3) is 0.429. The fourth-order valence-corrected chi connectivity index (χ4v) is 3.10. The van der Waals surface area contributed by atoms with E-state index in [1.54, 1.807) is 21.9 Å². The van der Waals surface area contributed by atoms with E-state index in [2.05, 4.69) is 0 Å². The van der Waals surface area contributed by atoms with Crippen LogP contribution in [0.4, 0.5) is 5.69 Å². The molecule has 6 heteroatoms. The van der Waals surface area contributed by atoms with Crippen LogP contribution in [0.3, 0.4) is 0 Å². The van der Waals surface area contributed by atoms with Gasteiger partial charge in [0.2, 0.25) is 5.91 Å². The van der Waals surface area contributed by atoms with Crippen molar-refractivity contribution in [3.05, 3.63) is 29.3 Å². The third kappa shape index (κ3) is 1.89. The highest BCUT2D eigenvalue weighted by molar-refractivity contribution is 6.30. The molecule has 5 nitrogen and oxygen atoms in total. The van der Waals surface area contributed by atoms with Crippen molar-refractivity contribution >= 4 is 29.1 Å². The molecule has 0 radical (unpaired) electrons. The van der Waals surface area contributed by atoms with Crippen LogP contribution in [0.5, 0.6) is 0 Å². The number of hydrogen-bond acceptors (Lipinski definition) is 3. The lowest BCUT2D eigenvalue weighted by Gasteiger charge is -2.34. The van der Waals surface area contributed by atoms with Gasteiger partial charge < -0.3 is 0 Å².